The molecule has 0 aromatic heterocycles. The quantitative estimate of drug-likeness (QED) is 0.520. The van der Waals surface area contributed by atoms with Gasteiger partial charge in [-0.3, -0.25) is 4.67 Å². The Balaban J connectivity index is 2.09. The molecule has 58 valence electrons. The Morgan fingerprint density at radius 3 is 2.20 bits per heavy atom. The lowest BCUT2D eigenvalue weighted by Crippen LogP contribution is -2.39. The molecule has 3 atom stereocenters. The first kappa shape index (κ1) is 7.02. The van der Waals surface area contributed by atoms with Crippen LogP contribution in [0, 0.1) is 11.8 Å². The lowest BCUT2D eigenvalue weighted by Gasteiger charge is -2.32. The third kappa shape index (κ3) is 0.990. The second kappa shape index (κ2) is 2.44. The second-order valence-corrected chi connectivity index (χ2v) is 4.27. The van der Waals surface area contributed by atoms with Gasteiger partial charge in [0.05, 0.1) is 6.10 Å². The van der Waals surface area contributed by atoms with Gasteiger partial charge < -0.3 is 5.11 Å². The summed E-state index contributed by atoms with van der Waals surface area (Å²) in [4.78, 5) is 0. The highest BCUT2D eigenvalue weighted by Gasteiger charge is 2.39. The maximum atomic E-state index is 9.59. The predicted octanol–water partition coefficient (Wildman–Crippen LogP) is 0.479. The predicted molar refractivity (Wildman–Crippen MR) is 43.5 cm³/mol. The summed E-state index contributed by atoms with van der Waals surface area (Å²) in [6.07, 6.45) is 2.48. The molecule has 0 aromatic rings. The number of piperidine rings is 1. The van der Waals surface area contributed by atoms with E-state index in [4.69, 9.17) is 0 Å². The van der Waals surface area contributed by atoms with Crippen molar-refractivity contribution in [1.29, 1.82) is 0 Å². The van der Waals surface area contributed by atoms with Gasteiger partial charge in [-0.1, -0.05) is 9.39 Å². The molecular weight excluding hydrogens is 145 g/mol. The monoisotopic (exact) mass is 159 g/mol. The first-order chi connectivity index (χ1) is 4.77. The van der Waals surface area contributed by atoms with Gasteiger partial charge in [0, 0.05) is 13.1 Å². The zero-order chi connectivity index (χ0) is 7.14. The van der Waals surface area contributed by atoms with Crippen LogP contribution in [0.5, 0.6) is 0 Å². The highest BCUT2D eigenvalue weighted by Crippen LogP contribution is 2.37. The molecule has 0 amide bonds. The van der Waals surface area contributed by atoms with Crippen LogP contribution in [0.4, 0.5) is 0 Å². The molecule has 2 fully saturated rings. The molecule has 2 bridgehead atoms. The molecule has 1 heterocycles. The zero-order valence-corrected chi connectivity index (χ0v) is 7.19. The molecule has 1 saturated carbocycles. The van der Waals surface area contributed by atoms with E-state index in [1.807, 2.05) is 0 Å². The molecule has 1 N–H and O–H groups in total. The molecule has 2 nitrogen and oxygen atoms in total. The summed E-state index contributed by atoms with van der Waals surface area (Å²) in [6.45, 7) is 2.14. The number of nitrogens with zero attached hydrogens (tertiary/aromatic N) is 1. The summed E-state index contributed by atoms with van der Waals surface area (Å²) in [6, 6.07) is 0. The van der Waals surface area contributed by atoms with Gasteiger partial charge in [-0.15, -0.1) is 0 Å². The minimum Gasteiger partial charge on any atom is -0.392 e. The van der Waals surface area contributed by atoms with Crippen LogP contribution in [0.15, 0.2) is 0 Å². The molecule has 2 aliphatic rings. The second-order valence-electron chi connectivity index (χ2n) is 3.54. The van der Waals surface area contributed by atoms with E-state index in [1.54, 1.807) is 0 Å². The highest BCUT2D eigenvalue weighted by molar-refractivity contribution is 7.13. The van der Waals surface area contributed by atoms with Crippen molar-refractivity contribution in [2.45, 2.75) is 18.9 Å². The third-order valence-corrected chi connectivity index (χ3v) is 3.23. The Morgan fingerprint density at radius 2 is 1.70 bits per heavy atom. The minimum absolute atomic E-state index is 0.0109. The summed E-state index contributed by atoms with van der Waals surface area (Å²) in [5.74, 6) is 1.13. The van der Waals surface area contributed by atoms with Crippen molar-refractivity contribution < 1.29 is 5.11 Å². The van der Waals surface area contributed by atoms with Gasteiger partial charge in [-0.05, 0) is 24.7 Å². The number of fused-ring (bicyclic) bond motifs is 2. The molecule has 0 radical (unpaired) electrons. The van der Waals surface area contributed by atoms with Crippen LogP contribution in [0.1, 0.15) is 12.8 Å². The summed E-state index contributed by atoms with van der Waals surface area (Å²) >= 11 is 0. The number of aliphatic hydroxyl groups excluding tert-OH is 1. The van der Waals surface area contributed by atoms with Crippen LogP contribution >= 0.6 is 9.39 Å². The maximum Gasteiger partial charge on any atom is 0.0621 e. The van der Waals surface area contributed by atoms with Crippen molar-refractivity contribution >= 4 is 9.39 Å². The largest absolute Gasteiger partial charge is 0.392 e. The van der Waals surface area contributed by atoms with Crippen molar-refractivity contribution in [1.82, 2.24) is 4.67 Å². The molecule has 3 unspecified atom stereocenters. The molecular formula is C7H14NOP. The number of aliphatic hydroxyl groups is 1. The molecule has 1 aliphatic heterocycles. The van der Waals surface area contributed by atoms with Crippen molar-refractivity contribution in [2.75, 3.05) is 13.1 Å². The Bertz CT molecular complexity index is 128. The van der Waals surface area contributed by atoms with Gasteiger partial charge in [0.15, 0.2) is 0 Å². The zero-order valence-electron chi connectivity index (χ0n) is 6.03. The summed E-state index contributed by atoms with van der Waals surface area (Å²) in [5.41, 5.74) is 0. The van der Waals surface area contributed by atoms with E-state index in [9.17, 15) is 5.11 Å². The molecule has 0 spiro atoms. The van der Waals surface area contributed by atoms with E-state index < -0.39 is 0 Å². The Kier molecular flexibility index (Phi) is 1.71. The highest BCUT2D eigenvalue weighted by atomic mass is 31.0. The Morgan fingerprint density at radius 1 is 1.20 bits per heavy atom. The van der Waals surface area contributed by atoms with Crippen LogP contribution in [-0.2, 0) is 0 Å². The summed E-state index contributed by atoms with van der Waals surface area (Å²) < 4.78 is 2.26. The van der Waals surface area contributed by atoms with Crippen molar-refractivity contribution in [3.8, 4) is 0 Å². The maximum absolute atomic E-state index is 9.59. The fraction of sp³-hybridized carbons (Fsp3) is 1.00. The normalized spacial score (nSPS) is 48.0. The Labute approximate surface area is 63.9 Å². The van der Waals surface area contributed by atoms with E-state index in [0.29, 0.717) is 11.8 Å². The van der Waals surface area contributed by atoms with Crippen LogP contribution in [0.2, 0.25) is 0 Å². The fourth-order valence-electron chi connectivity index (χ4n) is 2.23. The molecule has 3 heteroatoms. The van der Waals surface area contributed by atoms with Gasteiger partial charge in [0.2, 0.25) is 0 Å². The summed E-state index contributed by atoms with van der Waals surface area (Å²) in [5, 5.41) is 9.59. The molecule has 10 heavy (non-hydrogen) atoms. The van der Waals surface area contributed by atoms with Crippen LogP contribution in [0.3, 0.4) is 0 Å². The standard InChI is InChI=1S/C7H14NOP/c9-7-5-1-2-6(7)4-8(10)3-5/h5-7,9H,1-4,10H2. The fourth-order valence-corrected chi connectivity index (χ4v) is 2.77. The third-order valence-electron chi connectivity index (χ3n) is 2.81. The molecule has 2 rings (SSSR count). The topological polar surface area (TPSA) is 23.5 Å². The van der Waals surface area contributed by atoms with Gasteiger partial charge in [-0.25, -0.2) is 0 Å². The van der Waals surface area contributed by atoms with Crippen molar-refractivity contribution in [2.24, 2.45) is 11.8 Å². The SMILES string of the molecule is OC1C2CCC1CN(P)C2. The molecule has 1 aliphatic carbocycles. The van der Waals surface area contributed by atoms with E-state index >= 15 is 0 Å². The average Bonchev–Trinajstić information content (AvgIpc) is 2.20. The first-order valence-corrected chi connectivity index (χ1v) is 4.46. The number of hydrogen-bond acceptors (Lipinski definition) is 2. The van der Waals surface area contributed by atoms with Crippen LogP contribution in [0.25, 0.3) is 0 Å². The van der Waals surface area contributed by atoms with Gasteiger partial charge in [-0.2, -0.15) is 0 Å². The van der Waals surface area contributed by atoms with Crippen molar-refractivity contribution in [3.05, 3.63) is 0 Å². The van der Waals surface area contributed by atoms with Gasteiger partial charge in [0.25, 0.3) is 0 Å². The lowest BCUT2D eigenvalue weighted by atomic mass is 9.97. The molecule has 1 saturated heterocycles. The Hall–Kier alpha value is 0.350. The van der Waals surface area contributed by atoms with E-state index in [1.165, 1.54) is 12.8 Å². The number of rotatable bonds is 0. The smallest absolute Gasteiger partial charge is 0.0621 e. The van der Waals surface area contributed by atoms with E-state index in [0.717, 1.165) is 13.1 Å². The number of hydrogen-bond donors (Lipinski definition) is 1. The van der Waals surface area contributed by atoms with E-state index in [-0.39, 0.29) is 6.10 Å². The van der Waals surface area contributed by atoms with Crippen LogP contribution in [-0.4, -0.2) is 29.0 Å². The van der Waals surface area contributed by atoms with E-state index in [2.05, 4.69) is 14.1 Å². The lowest BCUT2D eigenvalue weighted by molar-refractivity contribution is 0.0467. The van der Waals surface area contributed by atoms with Crippen LogP contribution < -0.4 is 0 Å². The molecule has 0 aromatic carbocycles. The van der Waals surface area contributed by atoms with Gasteiger partial charge >= 0.3 is 0 Å². The minimum atomic E-state index is 0.0109. The first-order valence-electron chi connectivity index (χ1n) is 3.95. The van der Waals surface area contributed by atoms with Crippen molar-refractivity contribution in [3.63, 3.8) is 0 Å². The van der Waals surface area contributed by atoms with Gasteiger partial charge in [0.1, 0.15) is 0 Å². The average molecular weight is 159 g/mol. The summed E-state index contributed by atoms with van der Waals surface area (Å²) in [7, 11) is 2.73.